The summed E-state index contributed by atoms with van der Waals surface area (Å²) in [6.07, 6.45) is 2.94. The van der Waals surface area contributed by atoms with Gasteiger partial charge >= 0.3 is 0 Å². The smallest absolute Gasteiger partial charge is 0.243 e. The third kappa shape index (κ3) is 8.26. The Morgan fingerprint density at radius 1 is 0.861 bits per heavy atom. The van der Waals surface area contributed by atoms with E-state index in [4.69, 9.17) is 34.8 Å². The molecule has 0 aliphatic heterocycles. The Kier molecular flexibility index (Phi) is 11.1. The van der Waals surface area contributed by atoms with Crippen LogP contribution in [0.2, 0.25) is 15.1 Å². The summed E-state index contributed by atoms with van der Waals surface area (Å²) < 4.78 is 0. The van der Waals surface area contributed by atoms with Crippen LogP contribution < -0.4 is 5.32 Å². The minimum absolute atomic E-state index is 0.132. The van der Waals surface area contributed by atoms with Crippen LogP contribution in [0, 0.1) is 0 Å². The molecule has 0 spiro atoms. The van der Waals surface area contributed by atoms with Crippen molar-refractivity contribution in [1.29, 1.82) is 0 Å². The van der Waals surface area contributed by atoms with Crippen LogP contribution in [0.1, 0.15) is 42.9 Å². The number of aryl methyl sites for hydroxylation is 1. The van der Waals surface area contributed by atoms with E-state index in [-0.39, 0.29) is 24.8 Å². The average molecular weight is 546 g/mol. The van der Waals surface area contributed by atoms with Crippen molar-refractivity contribution in [2.24, 2.45) is 0 Å². The number of carbonyl (C=O) groups excluding carboxylic acids is 2. The summed E-state index contributed by atoms with van der Waals surface area (Å²) in [5, 5.41) is 4.50. The van der Waals surface area contributed by atoms with E-state index in [0.29, 0.717) is 34.5 Å². The van der Waals surface area contributed by atoms with Crippen LogP contribution in [0.3, 0.4) is 0 Å². The molecule has 2 amide bonds. The monoisotopic (exact) mass is 544 g/mol. The summed E-state index contributed by atoms with van der Waals surface area (Å²) in [7, 11) is 0. The molecule has 3 aromatic carbocycles. The van der Waals surface area contributed by atoms with Gasteiger partial charge in [0.2, 0.25) is 11.8 Å². The molecule has 190 valence electrons. The van der Waals surface area contributed by atoms with Gasteiger partial charge in [-0.1, -0.05) is 103 Å². The zero-order chi connectivity index (χ0) is 25.9. The molecule has 0 bridgehead atoms. The standard InChI is InChI=1S/C29H31Cl3N2O2/c1-2-3-17-33-29(36)27(19-21-9-5-4-6-10-21)34(20-22-13-15-25(31)26(32)18-22)28(35)16-14-23-11-7-8-12-24(23)30/h4-13,15,18,27H,2-3,14,16-17,19-20H2,1H3,(H,33,36)/t27-/m0/s1. The maximum absolute atomic E-state index is 13.7. The number of nitrogens with zero attached hydrogens (tertiary/aromatic N) is 1. The highest BCUT2D eigenvalue weighted by Gasteiger charge is 2.30. The molecule has 3 aromatic rings. The van der Waals surface area contributed by atoms with Crippen molar-refractivity contribution < 1.29 is 9.59 Å². The highest BCUT2D eigenvalue weighted by Crippen LogP contribution is 2.25. The quantitative estimate of drug-likeness (QED) is 0.246. The zero-order valence-corrected chi connectivity index (χ0v) is 22.6. The molecule has 0 aromatic heterocycles. The second kappa shape index (κ2) is 14.3. The largest absolute Gasteiger partial charge is 0.354 e. The minimum Gasteiger partial charge on any atom is -0.354 e. The first-order valence-corrected chi connectivity index (χ1v) is 13.3. The lowest BCUT2D eigenvalue weighted by atomic mass is 10.0. The van der Waals surface area contributed by atoms with Gasteiger partial charge in [0.1, 0.15) is 6.04 Å². The van der Waals surface area contributed by atoms with E-state index < -0.39 is 6.04 Å². The van der Waals surface area contributed by atoms with E-state index >= 15 is 0 Å². The number of rotatable bonds is 12. The van der Waals surface area contributed by atoms with Crippen LogP contribution in [0.25, 0.3) is 0 Å². The Morgan fingerprint density at radius 2 is 1.58 bits per heavy atom. The molecule has 0 radical (unpaired) electrons. The molecule has 0 aliphatic carbocycles. The molecule has 36 heavy (non-hydrogen) atoms. The fraction of sp³-hybridized carbons (Fsp3) is 0.310. The van der Waals surface area contributed by atoms with Crippen molar-refractivity contribution in [1.82, 2.24) is 10.2 Å². The van der Waals surface area contributed by atoms with Gasteiger partial charge in [-0.3, -0.25) is 9.59 Å². The van der Waals surface area contributed by atoms with Gasteiger partial charge < -0.3 is 10.2 Å². The molecule has 0 heterocycles. The highest BCUT2D eigenvalue weighted by molar-refractivity contribution is 6.42. The van der Waals surface area contributed by atoms with E-state index in [1.165, 1.54) is 0 Å². The second-order valence-corrected chi connectivity index (χ2v) is 9.93. The van der Waals surface area contributed by atoms with Gasteiger partial charge in [0.05, 0.1) is 10.0 Å². The first kappa shape index (κ1) is 28.0. The summed E-state index contributed by atoms with van der Waals surface area (Å²) in [6.45, 7) is 2.87. The number of hydrogen-bond acceptors (Lipinski definition) is 2. The van der Waals surface area contributed by atoms with E-state index in [0.717, 1.165) is 29.5 Å². The molecule has 3 rings (SSSR count). The van der Waals surface area contributed by atoms with Crippen LogP contribution in [0.5, 0.6) is 0 Å². The molecule has 0 saturated heterocycles. The second-order valence-electron chi connectivity index (χ2n) is 8.71. The topological polar surface area (TPSA) is 49.4 Å². The molecule has 0 unspecified atom stereocenters. The van der Waals surface area contributed by atoms with Crippen molar-refractivity contribution >= 4 is 46.6 Å². The molecule has 7 heteroatoms. The molecular weight excluding hydrogens is 515 g/mol. The van der Waals surface area contributed by atoms with E-state index in [2.05, 4.69) is 12.2 Å². The average Bonchev–Trinajstić information content (AvgIpc) is 2.88. The van der Waals surface area contributed by atoms with Crippen LogP contribution in [-0.2, 0) is 29.0 Å². The summed E-state index contributed by atoms with van der Waals surface area (Å²) >= 11 is 18.7. The van der Waals surface area contributed by atoms with Crippen LogP contribution >= 0.6 is 34.8 Å². The Morgan fingerprint density at radius 3 is 2.28 bits per heavy atom. The summed E-state index contributed by atoms with van der Waals surface area (Å²) in [6, 6.07) is 21.8. The lowest BCUT2D eigenvalue weighted by Crippen LogP contribution is -2.50. The molecule has 0 saturated carbocycles. The normalized spacial score (nSPS) is 11.7. The van der Waals surface area contributed by atoms with Gasteiger partial charge in [0.25, 0.3) is 0 Å². The molecule has 1 N–H and O–H groups in total. The zero-order valence-electron chi connectivity index (χ0n) is 20.4. The molecule has 1 atom stereocenters. The third-order valence-electron chi connectivity index (χ3n) is 6.00. The van der Waals surface area contributed by atoms with Crippen LogP contribution in [-0.4, -0.2) is 29.3 Å². The van der Waals surface area contributed by atoms with E-state index in [1.807, 2.05) is 60.7 Å². The van der Waals surface area contributed by atoms with Crippen LogP contribution in [0.15, 0.2) is 72.8 Å². The molecular formula is C29H31Cl3N2O2. The maximum Gasteiger partial charge on any atom is 0.243 e. The highest BCUT2D eigenvalue weighted by atomic mass is 35.5. The summed E-state index contributed by atoms with van der Waals surface area (Å²) in [4.78, 5) is 28.8. The van der Waals surface area contributed by atoms with Gasteiger partial charge in [0, 0.05) is 31.0 Å². The number of unbranched alkanes of at least 4 members (excludes halogenated alkanes) is 1. The fourth-order valence-electron chi connectivity index (χ4n) is 3.98. The Hall–Kier alpha value is -2.53. The number of hydrogen-bond donors (Lipinski definition) is 1. The Labute approximate surface area is 228 Å². The number of halogens is 3. The fourth-order valence-corrected chi connectivity index (χ4v) is 4.53. The van der Waals surface area contributed by atoms with Crippen LogP contribution in [0.4, 0.5) is 0 Å². The Balaban J connectivity index is 1.91. The number of nitrogens with one attached hydrogen (secondary N) is 1. The predicted molar refractivity (Wildman–Crippen MR) is 149 cm³/mol. The number of benzene rings is 3. The van der Waals surface area contributed by atoms with Crippen molar-refractivity contribution in [3.63, 3.8) is 0 Å². The van der Waals surface area contributed by atoms with Gasteiger partial charge in [-0.15, -0.1) is 0 Å². The van der Waals surface area contributed by atoms with Crippen molar-refractivity contribution in [2.75, 3.05) is 6.54 Å². The van der Waals surface area contributed by atoms with E-state index in [1.54, 1.807) is 17.0 Å². The lowest BCUT2D eigenvalue weighted by molar-refractivity contribution is -0.141. The number of carbonyl (C=O) groups is 2. The maximum atomic E-state index is 13.7. The third-order valence-corrected chi connectivity index (χ3v) is 7.11. The van der Waals surface area contributed by atoms with E-state index in [9.17, 15) is 9.59 Å². The van der Waals surface area contributed by atoms with Gasteiger partial charge in [-0.05, 0) is 47.7 Å². The van der Waals surface area contributed by atoms with Gasteiger partial charge in [-0.25, -0.2) is 0 Å². The summed E-state index contributed by atoms with van der Waals surface area (Å²) in [5.74, 6) is -0.300. The Bertz CT molecular complexity index is 1150. The first-order chi connectivity index (χ1) is 17.4. The van der Waals surface area contributed by atoms with Gasteiger partial charge in [-0.2, -0.15) is 0 Å². The van der Waals surface area contributed by atoms with Crippen molar-refractivity contribution in [2.45, 2.75) is 51.6 Å². The number of amides is 2. The molecule has 0 aliphatic rings. The SMILES string of the molecule is CCCCNC(=O)[C@H](Cc1ccccc1)N(Cc1ccc(Cl)c(Cl)c1)C(=O)CCc1ccccc1Cl. The van der Waals surface area contributed by atoms with Gasteiger partial charge in [0.15, 0.2) is 0 Å². The first-order valence-electron chi connectivity index (χ1n) is 12.2. The molecule has 0 fully saturated rings. The summed E-state index contributed by atoms with van der Waals surface area (Å²) in [5.41, 5.74) is 2.68. The van der Waals surface area contributed by atoms with Crippen molar-refractivity contribution in [3.8, 4) is 0 Å². The lowest BCUT2D eigenvalue weighted by Gasteiger charge is -2.32. The molecule has 4 nitrogen and oxygen atoms in total. The predicted octanol–water partition coefficient (Wildman–Crippen LogP) is 7.14. The minimum atomic E-state index is -0.683. The van der Waals surface area contributed by atoms with Crippen molar-refractivity contribution in [3.05, 3.63) is 105 Å².